The van der Waals surface area contributed by atoms with Crippen molar-refractivity contribution in [2.45, 2.75) is 45.3 Å². The van der Waals surface area contributed by atoms with Crippen molar-refractivity contribution in [1.82, 2.24) is 14.8 Å². The number of nitrogens with zero attached hydrogens (tertiary/aromatic N) is 3. The summed E-state index contributed by atoms with van der Waals surface area (Å²) in [4.78, 5) is 22.6. The van der Waals surface area contributed by atoms with Crippen LogP contribution in [0.4, 0.5) is 5.69 Å². The second-order valence-electron chi connectivity index (χ2n) is 9.74. The molecule has 1 amide bonds. The van der Waals surface area contributed by atoms with Gasteiger partial charge in [-0.1, -0.05) is 42.8 Å². The predicted molar refractivity (Wildman–Crippen MR) is 137 cm³/mol. The van der Waals surface area contributed by atoms with E-state index in [4.69, 9.17) is 0 Å². The molecule has 2 fully saturated rings. The molecule has 0 saturated carbocycles. The number of hydrogen-bond donors (Lipinski definition) is 1. The highest BCUT2D eigenvalue weighted by atomic mass is 16.2. The number of fused-ring (bicyclic) bond motifs is 1. The topological polar surface area (TPSA) is 48.5 Å². The van der Waals surface area contributed by atoms with Crippen LogP contribution in [0.5, 0.6) is 0 Å². The maximum atomic E-state index is 13.8. The Hall–Kier alpha value is -3.18. The molecule has 3 heterocycles. The van der Waals surface area contributed by atoms with Crippen molar-refractivity contribution < 1.29 is 4.79 Å². The van der Waals surface area contributed by atoms with Crippen molar-refractivity contribution in [3.8, 4) is 0 Å². The Balaban J connectivity index is 1.30. The number of anilines is 1. The molecule has 2 atom stereocenters. The molecule has 1 aromatic heterocycles. The Morgan fingerprint density at radius 3 is 2.65 bits per heavy atom. The summed E-state index contributed by atoms with van der Waals surface area (Å²) in [5.74, 6) is 0.732. The van der Waals surface area contributed by atoms with Crippen LogP contribution < -0.4 is 5.32 Å². The minimum absolute atomic E-state index is 0.172. The number of carbonyl (C=O) groups excluding carboxylic acids is 1. The van der Waals surface area contributed by atoms with Crippen molar-refractivity contribution >= 4 is 11.6 Å². The first-order valence-electron chi connectivity index (χ1n) is 12.5. The van der Waals surface area contributed by atoms with E-state index in [2.05, 4.69) is 63.4 Å². The number of hydrogen-bond acceptors (Lipinski definition) is 4. The highest BCUT2D eigenvalue weighted by molar-refractivity contribution is 5.95. The van der Waals surface area contributed by atoms with Crippen LogP contribution in [0.2, 0.25) is 0 Å². The number of carbonyl (C=O) groups is 1. The number of pyridine rings is 1. The lowest BCUT2D eigenvalue weighted by Gasteiger charge is -2.30. The first-order chi connectivity index (χ1) is 16.7. The third-order valence-corrected chi connectivity index (χ3v) is 7.33. The lowest BCUT2D eigenvalue weighted by atomic mass is 9.98. The summed E-state index contributed by atoms with van der Waals surface area (Å²) in [6.45, 7) is 6.66. The fourth-order valence-corrected chi connectivity index (χ4v) is 5.46. The van der Waals surface area contributed by atoms with Gasteiger partial charge in [0, 0.05) is 62.4 Å². The van der Waals surface area contributed by atoms with E-state index < -0.39 is 0 Å². The Labute approximate surface area is 202 Å². The lowest BCUT2D eigenvalue weighted by Crippen LogP contribution is -2.44. The fourth-order valence-electron chi connectivity index (χ4n) is 5.46. The average molecular weight is 455 g/mol. The molecule has 5 nitrogen and oxygen atoms in total. The number of nitrogens with one attached hydrogen (secondary N) is 1. The van der Waals surface area contributed by atoms with E-state index in [0.717, 1.165) is 49.4 Å². The Morgan fingerprint density at radius 2 is 1.82 bits per heavy atom. The quantitative estimate of drug-likeness (QED) is 0.561. The molecule has 1 N–H and O–H groups in total. The van der Waals surface area contributed by atoms with Crippen molar-refractivity contribution in [2.75, 3.05) is 25.0 Å². The SMILES string of the molecule is Cc1ccc(C(=O)N2CCCC[C@H]3CN(Cc4ccccc4)C[C@H]32)cc1NCc1ccncc1. The van der Waals surface area contributed by atoms with Crippen molar-refractivity contribution in [2.24, 2.45) is 5.92 Å². The largest absolute Gasteiger partial charge is 0.381 e. The molecule has 0 unspecified atom stereocenters. The Morgan fingerprint density at radius 1 is 1.00 bits per heavy atom. The van der Waals surface area contributed by atoms with E-state index in [0.29, 0.717) is 18.5 Å². The third kappa shape index (κ3) is 5.15. The van der Waals surface area contributed by atoms with Crippen molar-refractivity contribution in [3.05, 3.63) is 95.3 Å². The first-order valence-corrected chi connectivity index (χ1v) is 12.5. The second-order valence-corrected chi connectivity index (χ2v) is 9.74. The van der Waals surface area contributed by atoms with Gasteiger partial charge in [-0.25, -0.2) is 0 Å². The standard InChI is InChI=1S/C29H34N4O/c1-22-10-11-25(17-27(22)31-18-23-12-14-30-15-13-23)29(34)33-16-6-5-9-26-20-32(21-28(26)33)19-24-7-3-2-4-8-24/h2-4,7-8,10-15,17,26,28,31H,5-6,9,16,18-21H2,1H3/t26-,28+/m0/s1. The molecule has 0 spiro atoms. The zero-order valence-corrected chi connectivity index (χ0v) is 20.0. The van der Waals surface area contributed by atoms with Gasteiger partial charge in [-0.3, -0.25) is 14.7 Å². The Bertz CT molecular complexity index is 1100. The van der Waals surface area contributed by atoms with Crippen LogP contribution in [0, 0.1) is 12.8 Å². The number of aryl methyl sites for hydroxylation is 1. The number of amides is 1. The van der Waals surface area contributed by atoms with Gasteiger partial charge >= 0.3 is 0 Å². The van der Waals surface area contributed by atoms with Crippen molar-refractivity contribution in [3.63, 3.8) is 0 Å². The van der Waals surface area contributed by atoms with E-state index in [1.165, 1.54) is 24.0 Å². The number of aromatic nitrogens is 1. The third-order valence-electron chi connectivity index (χ3n) is 7.33. The molecule has 34 heavy (non-hydrogen) atoms. The van der Waals surface area contributed by atoms with Crippen LogP contribution in [-0.2, 0) is 13.1 Å². The monoisotopic (exact) mass is 454 g/mol. The van der Waals surface area contributed by atoms with Crippen molar-refractivity contribution in [1.29, 1.82) is 0 Å². The van der Waals surface area contributed by atoms with Gasteiger partial charge in [-0.05, 0) is 66.6 Å². The van der Waals surface area contributed by atoms with Gasteiger partial charge in [0.1, 0.15) is 0 Å². The molecule has 2 aromatic carbocycles. The molecule has 3 aromatic rings. The second kappa shape index (κ2) is 10.4. The summed E-state index contributed by atoms with van der Waals surface area (Å²) in [5.41, 5.74) is 5.47. The highest BCUT2D eigenvalue weighted by Gasteiger charge is 2.39. The fraction of sp³-hybridized carbons (Fsp3) is 0.379. The average Bonchev–Trinajstić information content (AvgIpc) is 3.15. The summed E-state index contributed by atoms with van der Waals surface area (Å²) in [6.07, 6.45) is 7.13. The molecule has 5 heteroatoms. The van der Waals surface area contributed by atoms with Crippen LogP contribution in [0.3, 0.4) is 0 Å². The van der Waals surface area contributed by atoms with Gasteiger partial charge in [0.25, 0.3) is 5.91 Å². The smallest absolute Gasteiger partial charge is 0.254 e. The van der Waals surface area contributed by atoms with Gasteiger partial charge in [0.05, 0.1) is 0 Å². The Kier molecular flexibility index (Phi) is 6.91. The van der Waals surface area contributed by atoms with E-state index in [1.807, 2.05) is 36.7 Å². The van der Waals surface area contributed by atoms with E-state index in [1.54, 1.807) is 0 Å². The van der Waals surface area contributed by atoms with Crippen LogP contribution in [0.1, 0.15) is 46.3 Å². The lowest BCUT2D eigenvalue weighted by molar-refractivity contribution is 0.0663. The van der Waals surface area contributed by atoms with Crippen LogP contribution in [-0.4, -0.2) is 46.4 Å². The van der Waals surface area contributed by atoms with Gasteiger partial charge in [-0.2, -0.15) is 0 Å². The highest BCUT2D eigenvalue weighted by Crippen LogP contribution is 2.32. The molecule has 0 aliphatic carbocycles. The molecule has 2 aliphatic heterocycles. The summed E-state index contributed by atoms with van der Waals surface area (Å²) >= 11 is 0. The minimum atomic E-state index is 0.172. The number of benzene rings is 2. The van der Waals surface area contributed by atoms with Gasteiger partial charge in [-0.15, -0.1) is 0 Å². The zero-order valence-electron chi connectivity index (χ0n) is 20.0. The van der Waals surface area contributed by atoms with Gasteiger partial charge < -0.3 is 10.2 Å². The molecule has 0 bridgehead atoms. The molecule has 2 aliphatic rings. The summed E-state index contributed by atoms with van der Waals surface area (Å²) < 4.78 is 0. The maximum Gasteiger partial charge on any atom is 0.254 e. The summed E-state index contributed by atoms with van der Waals surface area (Å²) in [5, 5.41) is 3.51. The normalized spacial score (nSPS) is 20.6. The molecule has 5 rings (SSSR count). The van der Waals surface area contributed by atoms with Crippen LogP contribution in [0.15, 0.2) is 73.1 Å². The minimum Gasteiger partial charge on any atom is -0.381 e. The molecule has 0 radical (unpaired) electrons. The van der Waals surface area contributed by atoms with Gasteiger partial charge in [0.2, 0.25) is 0 Å². The van der Waals surface area contributed by atoms with E-state index >= 15 is 0 Å². The zero-order chi connectivity index (χ0) is 23.3. The summed E-state index contributed by atoms with van der Waals surface area (Å²) in [6, 6.07) is 21.1. The number of likely N-dealkylation sites (tertiary alicyclic amines) is 2. The van der Waals surface area contributed by atoms with Crippen LogP contribution in [0.25, 0.3) is 0 Å². The predicted octanol–water partition coefficient (Wildman–Crippen LogP) is 5.13. The molecular formula is C29H34N4O. The molecular weight excluding hydrogens is 420 g/mol. The van der Waals surface area contributed by atoms with E-state index in [9.17, 15) is 4.79 Å². The molecule has 176 valence electrons. The number of rotatable bonds is 6. The van der Waals surface area contributed by atoms with Crippen LogP contribution >= 0.6 is 0 Å². The van der Waals surface area contributed by atoms with E-state index in [-0.39, 0.29) is 5.91 Å². The first kappa shape index (κ1) is 22.6. The van der Waals surface area contributed by atoms with Gasteiger partial charge in [0.15, 0.2) is 0 Å². The molecule has 2 saturated heterocycles. The summed E-state index contributed by atoms with van der Waals surface area (Å²) in [7, 11) is 0. The maximum absolute atomic E-state index is 13.8.